The molecule has 0 amide bonds. The highest BCUT2D eigenvalue weighted by Crippen LogP contribution is 2.21. The Morgan fingerprint density at radius 1 is 1.09 bits per heavy atom. The quantitative estimate of drug-likeness (QED) is 0.830. The first-order chi connectivity index (χ1) is 10.8. The molecule has 4 nitrogen and oxygen atoms in total. The summed E-state index contributed by atoms with van der Waals surface area (Å²) in [5.74, 6) is 0.906. The van der Waals surface area contributed by atoms with Crippen LogP contribution in [0.1, 0.15) is 5.56 Å². The molecule has 4 heteroatoms. The van der Waals surface area contributed by atoms with Crippen molar-refractivity contribution in [2.45, 2.75) is 6.54 Å². The maximum atomic E-state index is 5.36. The highest BCUT2D eigenvalue weighted by Gasteiger charge is 2.08. The topological polar surface area (TPSA) is 33.7 Å². The molecular weight excluding hydrogens is 276 g/mol. The van der Waals surface area contributed by atoms with Crippen LogP contribution in [-0.4, -0.2) is 51.4 Å². The molecule has 1 aliphatic rings. The van der Waals surface area contributed by atoms with Crippen LogP contribution >= 0.6 is 0 Å². The van der Waals surface area contributed by atoms with Gasteiger partial charge in [-0.2, -0.15) is 0 Å². The van der Waals surface area contributed by atoms with Gasteiger partial charge in [-0.25, -0.2) is 0 Å². The van der Waals surface area contributed by atoms with E-state index in [0.29, 0.717) is 0 Å². The van der Waals surface area contributed by atoms with Crippen molar-refractivity contribution in [2.75, 3.05) is 46.5 Å². The van der Waals surface area contributed by atoms with Crippen LogP contribution in [0.5, 0.6) is 5.75 Å². The number of ether oxygens (including phenoxy) is 2. The predicted octanol–water partition coefficient (Wildman–Crippen LogP) is 2.27. The van der Waals surface area contributed by atoms with Crippen LogP contribution in [0.4, 0.5) is 0 Å². The zero-order valence-electron chi connectivity index (χ0n) is 13.2. The summed E-state index contributed by atoms with van der Waals surface area (Å²) in [5, 5.41) is 6.01. The summed E-state index contributed by atoms with van der Waals surface area (Å²) >= 11 is 0. The summed E-state index contributed by atoms with van der Waals surface area (Å²) in [5.41, 5.74) is 1.32. The fraction of sp³-hybridized carbons (Fsp3) is 0.444. The molecule has 1 N–H and O–H groups in total. The Balaban J connectivity index is 1.50. The van der Waals surface area contributed by atoms with Gasteiger partial charge in [0.15, 0.2) is 0 Å². The molecule has 118 valence electrons. The summed E-state index contributed by atoms with van der Waals surface area (Å²) in [4.78, 5) is 2.45. The van der Waals surface area contributed by atoms with Gasteiger partial charge in [-0.3, -0.25) is 4.90 Å². The van der Waals surface area contributed by atoms with Crippen LogP contribution in [0.3, 0.4) is 0 Å². The van der Waals surface area contributed by atoms with Gasteiger partial charge in [-0.15, -0.1) is 0 Å². The van der Waals surface area contributed by atoms with E-state index in [1.165, 1.54) is 16.3 Å². The Morgan fingerprint density at radius 3 is 2.68 bits per heavy atom. The number of fused-ring (bicyclic) bond motifs is 1. The van der Waals surface area contributed by atoms with E-state index in [1.807, 2.05) is 6.07 Å². The molecule has 0 aliphatic carbocycles. The van der Waals surface area contributed by atoms with Crippen LogP contribution < -0.4 is 10.1 Å². The van der Waals surface area contributed by atoms with Crippen LogP contribution in [0.2, 0.25) is 0 Å². The van der Waals surface area contributed by atoms with Crippen molar-refractivity contribution in [1.82, 2.24) is 10.2 Å². The molecule has 1 heterocycles. The molecule has 22 heavy (non-hydrogen) atoms. The van der Waals surface area contributed by atoms with Crippen molar-refractivity contribution in [1.29, 1.82) is 0 Å². The lowest BCUT2D eigenvalue weighted by Crippen LogP contribution is -2.40. The molecule has 0 radical (unpaired) electrons. The van der Waals surface area contributed by atoms with Crippen molar-refractivity contribution >= 4 is 10.8 Å². The van der Waals surface area contributed by atoms with Gasteiger partial charge in [-0.1, -0.05) is 18.2 Å². The summed E-state index contributed by atoms with van der Waals surface area (Å²) in [6.07, 6.45) is 0. The van der Waals surface area contributed by atoms with Crippen LogP contribution in [0, 0.1) is 0 Å². The largest absolute Gasteiger partial charge is 0.497 e. The SMILES string of the molecule is COc1ccc2cc(CNCCN3CCOCC3)ccc2c1. The lowest BCUT2D eigenvalue weighted by Gasteiger charge is -2.26. The van der Waals surface area contributed by atoms with Gasteiger partial charge in [-0.05, 0) is 34.5 Å². The average Bonchev–Trinajstić information content (AvgIpc) is 2.59. The second kappa shape index (κ2) is 7.58. The van der Waals surface area contributed by atoms with Crippen LogP contribution in [0.25, 0.3) is 10.8 Å². The van der Waals surface area contributed by atoms with E-state index in [4.69, 9.17) is 9.47 Å². The van der Waals surface area contributed by atoms with E-state index >= 15 is 0 Å². The van der Waals surface area contributed by atoms with Gasteiger partial charge >= 0.3 is 0 Å². The number of morpholine rings is 1. The van der Waals surface area contributed by atoms with Crippen molar-refractivity contribution in [3.8, 4) is 5.75 Å². The molecule has 0 aromatic heterocycles. The summed E-state index contributed by atoms with van der Waals surface area (Å²) < 4.78 is 10.6. The van der Waals surface area contributed by atoms with Crippen molar-refractivity contribution in [2.24, 2.45) is 0 Å². The minimum absolute atomic E-state index is 0.869. The summed E-state index contributed by atoms with van der Waals surface area (Å²) in [6, 6.07) is 12.8. The Kier molecular flexibility index (Phi) is 5.27. The number of methoxy groups -OCH3 is 1. The molecule has 3 rings (SSSR count). The summed E-state index contributed by atoms with van der Waals surface area (Å²) in [6.45, 7) is 6.86. The molecule has 0 bridgehead atoms. The fourth-order valence-corrected chi connectivity index (χ4v) is 2.80. The van der Waals surface area contributed by atoms with E-state index in [0.717, 1.165) is 51.7 Å². The molecule has 1 aliphatic heterocycles. The second-order valence-corrected chi connectivity index (χ2v) is 5.68. The minimum atomic E-state index is 0.869. The Labute approximate surface area is 132 Å². The molecule has 1 fully saturated rings. The molecule has 0 unspecified atom stereocenters. The van der Waals surface area contributed by atoms with Crippen molar-refractivity contribution in [3.05, 3.63) is 42.0 Å². The lowest BCUT2D eigenvalue weighted by atomic mass is 10.1. The van der Waals surface area contributed by atoms with Crippen molar-refractivity contribution < 1.29 is 9.47 Å². The van der Waals surface area contributed by atoms with E-state index < -0.39 is 0 Å². The van der Waals surface area contributed by atoms with Gasteiger partial charge in [0, 0.05) is 32.7 Å². The van der Waals surface area contributed by atoms with Gasteiger partial charge in [0.1, 0.15) is 5.75 Å². The van der Waals surface area contributed by atoms with Gasteiger partial charge in [0.05, 0.1) is 20.3 Å². The Hall–Kier alpha value is -1.62. The minimum Gasteiger partial charge on any atom is -0.497 e. The van der Waals surface area contributed by atoms with E-state index in [9.17, 15) is 0 Å². The second-order valence-electron chi connectivity index (χ2n) is 5.68. The Bertz CT molecular complexity index is 609. The molecule has 0 spiro atoms. The van der Waals surface area contributed by atoms with Crippen molar-refractivity contribution in [3.63, 3.8) is 0 Å². The lowest BCUT2D eigenvalue weighted by molar-refractivity contribution is 0.0384. The fourth-order valence-electron chi connectivity index (χ4n) is 2.80. The smallest absolute Gasteiger partial charge is 0.119 e. The first-order valence-corrected chi connectivity index (χ1v) is 7.93. The number of hydrogen-bond donors (Lipinski definition) is 1. The number of benzene rings is 2. The maximum Gasteiger partial charge on any atom is 0.119 e. The normalized spacial score (nSPS) is 16.0. The van der Waals surface area contributed by atoms with E-state index in [-0.39, 0.29) is 0 Å². The average molecular weight is 300 g/mol. The van der Waals surface area contributed by atoms with Gasteiger partial charge < -0.3 is 14.8 Å². The molecule has 0 atom stereocenters. The zero-order valence-corrected chi connectivity index (χ0v) is 13.2. The zero-order chi connectivity index (χ0) is 15.2. The first-order valence-electron chi connectivity index (χ1n) is 7.93. The Morgan fingerprint density at radius 2 is 1.86 bits per heavy atom. The van der Waals surface area contributed by atoms with Gasteiger partial charge in [0.25, 0.3) is 0 Å². The third kappa shape index (κ3) is 3.97. The standard InChI is InChI=1S/C18H24N2O2/c1-21-18-5-4-16-12-15(2-3-17(16)13-18)14-19-6-7-20-8-10-22-11-9-20/h2-5,12-13,19H,6-11,14H2,1H3. The number of rotatable bonds is 6. The third-order valence-electron chi connectivity index (χ3n) is 4.15. The monoisotopic (exact) mass is 300 g/mol. The highest BCUT2D eigenvalue weighted by atomic mass is 16.5. The molecular formula is C18H24N2O2. The molecule has 1 saturated heterocycles. The number of nitrogens with one attached hydrogen (secondary N) is 1. The first kappa shape index (κ1) is 15.3. The van der Waals surface area contributed by atoms with E-state index in [2.05, 4.69) is 40.5 Å². The molecule has 0 saturated carbocycles. The summed E-state index contributed by atoms with van der Waals surface area (Å²) in [7, 11) is 1.70. The molecule has 2 aromatic rings. The number of nitrogens with zero attached hydrogens (tertiary/aromatic N) is 1. The van der Waals surface area contributed by atoms with Crippen LogP contribution in [-0.2, 0) is 11.3 Å². The van der Waals surface area contributed by atoms with Crippen LogP contribution in [0.15, 0.2) is 36.4 Å². The van der Waals surface area contributed by atoms with E-state index in [1.54, 1.807) is 7.11 Å². The molecule has 2 aromatic carbocycles. The highest BCUT2D eigenvalue weighted by molar-refractivity contribution is 5.84. The maximum absolute atomic E-state index is 5.36. The van der Waals surface area contributed by atoms with Gasteiger partial charge in [0.2, 0.25) is 0 Å². The predicted molar refractivity (Wildman–Crippen MR) is 89.5 cm³/mol. The number of hydrogen-bond acceptors (Lipinski definition) is 4. The third-order valence-corrected chi connectivity index (χ3v) is 4.15.